The second-order valence-electron chi connectivity index (χ2n) is 10.3. The summed E-state index contributed by atoms with van der Waals surface area (Å²) in [6.07, 6.45) is 4.02. The van der Waals surface area contributed by atoms with Crippen molar-refractivity contribution < 1.29 is 14.4 Å². The Labute approximate surface area is 186 Å². The topological polar surface area (TPSA) is 69.7 Å². The minimum absolute atomic E-state index is 0.0268. The van der Waals surface area contributed by atoms with E-state index in [0.29, 0.717) is 25.1 Å². The summed E-state index contributed by atoms with van der Waals surface area (Å²) in [5.74, 6) is 0.0536. The van der Waals surface area contributed by atoms with E-state index in [1.807, 2.05) is 34.9 Å². The molecule has 2 saturated heterocycles. The van der Waals surface area contributed by atoms with Crippen molar-refractivity contribution in [2.45, 2.75) is 65.8 Å². The number of likely N-dealkylation sites (tertiary alicyclic amines) is 2. The van der Waals surface area contributed by atoms with Crippen molar-refractivity contribution in [2.24, 2.45) is 11.3 Å². The lowest BCUT2D eigenvalue weighted by Crippen LogP contribution is -2.54. The Morgan fingerprint density at radius 2 is 1.61 bits per heavy atom. The van der Waals surface area contributed by atoms with Gasteiger partial charge in [0, 0.05) is 38.2 Å². The number of amides is 3. The van der Waals surface area contributed by atoms with Crippen LogP contribution in [0.3, 0.4) is 0 Å². The van der Waals surface area contributed by atoms with E-state index in [1.54, 1.807) is 6.07 Å². The van der Waals surface area contributed by atoms with Gasteiger partial charge >= 0.3 is 0 Å². The van der Waals surface area contributed by atoms with Gasteiger partial charge in [-0.3, -0.25) is 14.4 Å². The van der Waals surface area contributed by atoms with Gasteiger partial charge in [-0.05, 0) is 55.6 Å². The third kappa shape index (κ3) is 6.08. The van der Waals surface area contributed by atoms with Gasteiger partial charge in [0.05, 0.1) is 0 Å². The molecule has 1 aromatic carbocycles. The number of hydrogen-bond acceptors (Lipinski definition) is 3. The zero-order valence-corrected chi connectivity index (χ0v) is 19.4. The maximum atomic E-state index is 13.3. The summed E-state index contributed by atoms with van der Waals surface area (Å²) in [5, 5.41) is 3.07. The quantitative estimate of drug-likeness (QED) is 0.783. The smallest absolute Gasteiger partial charge is 0.252 e. The number of nitrogens with one attached hydrogen (secondary N) is 1. The van der Waals surface area contributed by atoms with Crippen LogP contribution in [0.5, 0.6) is 0 Å². The van der Waals surface area contributed by atoms with Crippen LogP contribution < -0.4 is 5.32 Å². The molecule has 1 N–H and O–H groups in total. The monoisotopic (exact) mass is 427 g/mol. The van der Waals surface area contributed by atoms with Crippen molar-refractivity contribution in [1.82, 2.24) is 15.1 Å². The lowest BCUT2D eigenvalue weighted by molar-refractivity contribution is -0.136. The van der Waals surface area contributed by atoms with E-state index in [2.05, 4.69) is 26.1 Å². The highest BCUT2D eigenvalue weighted by Crippen LogP contribution is 2.27. The van der Waals surface area contributed by atoms with Crippen molar-refractivity contribution in [3.63, 3.8) is 0 Å². The molecule has 1 unspecified atom stereocenters. The number of benzene rings is 1. The summed E-state index contributed by atoms with van der Waals surface area (Å²) in [6.45, 7) is 10.9. The molecule has 1 aromatic rings. The third-order valence-electron chi connectivity index (χ3n) is 6.41. The van der Waals surface area contributed by atoms with E-state index in [0.717, 1.165) is 44.3 Å². The van der Waals surface area contributed by atoms with Crippen LogP contribution in [0, 0.1) is 18.3 Å². The Balaban J connectivity index is 1.70. The second kappa shape index (κ2) is 9.84. The summed E-state index contributed by atoms with van der Waals surface area (Å²) in [7, 11) is 0. The van der Waals surface area contributed by atoms with E-state index in [-0.39, 0.29) is 29.1 Å². The minimum Gasteiger partial charge on any atom is -0.343 e. The van der Waals surface area contributed by atoms with Crippen LogP contribution in [-0.4, -0.2) is 59.7 Å². The Morgan fingerprint density at radius 3 is 2.19 bits per heavy atom. The minimum atomic E-state index is -0.537. The van der Waals surface area contributed by atoms with Crippen LogP contribution in [0.2, 0.25) is 0 Å². The number of aryl methyl sites for hydroxylation is 1. The number of piperidine rings is 1. The van der Waals surface area contributed by atoms with E-state index in [4.69, 9.17) is 0 Å². The highest BCUT2D eigenvalue weighted by Gasteiger charge is 2.37. The molecule has 0 spiro atoms. The predicted molar refractivity (Wildman–Crippen MR) is 122 cm³/mol. The average Bonchev–Trinajstić information content (AvgIpc) is 3.25. The summed E-state index contributed by atoms with van der Waals surface area (Å²) in [4.78, 5) is 42.8. The molecule has 3 amide bonds. The lowest BCUT2D eigenvalue weighted by Gasteiger charge is -2.38. The van der Waals surface area contributed by atoms with Crippen LogP contribution in [0.1, 0.15) is 68.8 Å². The molecule has 31 heavy (non-hydrogen) atoms. The summed E-state index contributed by atoms with van der Waals surface area (Å²) in [5.41, 5.74) is 1.47. The van der Waals surface area contributed by atoms with Crippen molar-refractivity contribution in [3.05, 3.63) is 35.4 Å². The van der Waals surface area contributed by atoms with Gasteiger partial charge in [-0.1, -0.05) is 39.0 Å². The van der Waals surface area contributed by atoms with Crippen LogP contribution in [-0.2, 0) is 9.59 Å². The zero-order chi connectivity index (χ0) is 22.6. The fraction of sp³-hybridized carbons (Fsp3) is 0.640. The Hall–Kier alpha value is -2.37. The fourth-order valence-electron chi connectivity index (χ4n) is 4.61. The SMILES string of the molecule is Cc1ccccc1C(=O)NC(C(=O)N1CCCC1)C1CCN(C(=O)CC(C)(C)C)CC1. The molecule has 6 nitrogen and oxygen atoms in total. The first kappa shape index (κ1) is 23.3. The van der Waals surface area contributed by atoms with Gasteiger partial charge in [0.2, 0.25) is 11.8 Å². The van der Waals surface area contributed by atoms with Crippen molar-refractivity contribution in [2.75, 3.05) is 26.2 Å². The number of rotatable bonds is 5. The molecule has 0 aliphatic carbocycles. The highest BCUT2D eigenvalue weighted by molar-refractivity contribution is 5.98. The van der Waals surface area contributed by atoms with Gasteiger partial charge < -0.3 is 15.1 Å². The average molecular weight is 428 g/mol. The highest BCUT2D eigenvalue weighted by atomic mass is 16.2. The molecule has 3 rings (SSSR count). The fourth-order valence-corrected chi connectivity index (χ4v) is 4.61. The molecule has 2 aliphatic heterocycles. The Kier molecular flexibility index (Phi) is 7.39. The molecule has 0 radical (unpaired) electrons. The summed E-state index contributed by atoms with van der Waals surface area (Å²) >= 11 is 0. The Morgan fingerprint density at radius 1 is 1.00 bits per heavy atom. The molecule has 0 bridgehead atoms. The van der Waals surface area contributed by atoms with E-state index in [9.17, 15) is 14.4 Å². The molecular weight excluding hydrogens is 390 g/mol. The van der Waals surface area contributed by atoms with Gasteiger partial charge in [0.25, 0.3) is 5.91 Å². The summed E-state index contributed by atoms with van der Waals surface area (Å²) < 4.78 is 0. The van der Waals surface area contributed by atoms with Crippen LogP contribution in [0.25, 0.3) is 0 Å². The Bertz CT molecular complexity index is 800. The first-order chi connectivity index (χ1) is 14.7. The van der Waals surface area contributed by atoms with E-state index in [1.165, 1.54) is 0 Å². The molecule has 2 fully saturated rings. The lowest BCUT2D eigenvalue weighted by atomic mass is 9.86. The van der Waals surface area contributed by atoms with E-state index < -0.39 is 6.04 Å². The van der Waals surface area contributed by atoms with Gasteiger partial charge in [0.15, 0.2) is 0 Å². The first-order valence-corrected chi connectivity index (χ1v) is 11.6. The molecule has 2 heterocycles. The van der Waals surface area contributed by atoms with Crippen LogP contribution >= 0.6 is 0 Å². The molecule has 1 atom stereocenters. The van der Waals surface area contributed by atoms with Crippen LogP contribution in [0.15, 0.2) is 24.3 Å². The van der Waals surface area contributed by atoms with Crippen LogP contribution in [0.4, 0.5) is 0 Å². The predicted octanol–water partition coefficient (Wildman–Crippen LogP) is 3.39. The van der Waals surface area contributed by atoms with E-state index >= 15 is 0 Å². The maximum absolute atomic E-state index is 13.3. The molecule has 0 saturated carbocycles. The maximum Gasteiger partial charge on any atom is 0.252 e. The molecule has 170 valence electrons. The van der Waals surface area contributed by atoms with Gasteiger partial charge in [-0.2, -0.15) is 0 Å². The van der Waals surface area contributed by atoms with Crippen molar-refractivity contribution in [3.8, 4) is 0 Å². The number of carbonyl (C=O) groups is 3. The molecule has 0 aromatic heterocycles. The van der Waals surface area contributed by atoms with Crippen molar-refractivity contribution in [1.29, 1.82) is 0 Å². The second-order valence-corrected chi connectivity index (χ2v) is 10.3. The molecular formula is C25H37N3O3. The van der Waals surface area contributed by atoms with Gasteiger partial charge in [-0.25, -0.2) is 0 Å². The molecule has 2 aliphatic rings. The zero-order valence-electron chi connectivity index (χ0n) is 19.4. The normalized spacial score (nSPS) is 18.7. The number of hydrogen-bond donors (Lipinski definition) is 1. The van der Waals surface area contributed by atoms with Gasteiger partial charge in [-0.15, -0.1) is 0 Å². The largest absolute Gasteiger partial charge is 0.343 e. The third-order valence-corrected chi connectivity index (χ3v) is 6.41. The standard InChI is InChI=1S/C25H37N3O3/c1-18-9-5-6-10-20(18)23(30)26-22(24(31)28-13-7-8-14-28)19-11-15-27(16-12-19)21(29)17-25(2,3)4/h5-6,9-10,19,22H,7-8,11-17H2,1-4H3,(H,26,30). The number of nitrogens with zero attached hydrogens (tertiary/aromatic N) is 2. The molecule has 6 heteroatoms. The van der Waals surface area contributed by atoms with Crippen molar-refractivity contribution >= 4 is 17.7 Å². The first-order valence-electron chi connectivity index (χ1n) is 11.6. The summed E-state index contributed by atoms with van der Waals surface area (Å²) in [6, 6.07) is 6.92. The van der Waals surface area contributed by atoms with Gasteiger partial charge in [0.1, 0.15) is 6.04 Å². The number of carbonyl (C=O) groups excluding carboxylic acids is 3.